The molecule has 2 N–H and O–H groups in total. The van der Waals surface area contributed by atoms with Gasteiger partial charge in [0.2, 0.25) is 0 Å². The van der Waals surface area contributed by atoms with Crippen molar-refractivity contribution in [3.63, 3.8) is 0 Å². The fourth-order valence-electron chi connectivity index (χ4n) is 3.42. The quantitative estimate of drug-likeness (QED) is 0.844. The summed E-state index contributed by atoms with van der Waals surface area (Å²) in [6.07, 6.45) is 5.13. The molecule has 1 heterocycles. The molecule has 1 amide bonds. The van der Waals surface area contributed by atoms with Crippen molar-refractivity contribution in [1.29, 1.82) is 0 Å². The van der Waals surface area contributed by atoms with Crippen LogP contribution in [0.25, 0.3) is 0 Å². The fraction of sp³-hybridized carbons (Fsp3) is 0.632. The number of amides is 1. The molecule has 0 spiro atoms. The van der Waals surface area contributed by atoms with Crippen LogP contribution in [0.2, 0.25) is 0 Å². The van der Waals surface area contributed by atoms with Crippen LogP contribution in [-0.4, -0.2) is 38.1 Å². The average Bonchev–Trinajstić information content (AvgIpc) is 2.78. The number of hydrogen-bond acceptors (Lipinski definition) is 2. The molecule has 0 atom stereocenters. The van der Waals surface area contributed by atoms with Crippen LogP contribution in [-0.2, 0) is 4.79 Å². The SMILES string of the molecule is CCN(c1ccc(NC(=O)C[NH+]2CCCCCC2)cc1)C(C)C. The lowest BCUT2D eigenvalue weighted by Gasteiger charge is -2.27. The average molecular weight is 318 g/mol. The maximum absolute atomic E-state index is 12.2. The maximum Gasteiger partial charge on any atom is 0.279 e. The summed E-state index contributed by atoms with van der Waals surface area (Å²) in [4.78, 5) is 16.0. The number of nitrogens with one attached hydrogen (secondary N) is 2. The lowest BCUT2D eigenvalue weighted by Crippen LogP contribution is -3.12. The molecular formula is C19H32N3O+. The van der Waals surface area contributed by atoms with Gasteiger partial charge in [-0.05, 0) is 70.7 Å². The lowest BCUT2D eigenvalue weighted by molar-refractivity contribution is -0.890. The predicted molar refractivity (Wildman–Crippen MR) is 97.3 cm³/mol. The summed E-state index contributed by atoms with van der Waals surface area (Å²) >= 11 is 0. The molecule has 23 heavy (non-hydrogen) atoms. The number of carbonyl (C=O) groups is 1. The molecule has 4 heteroatoms. The first-order valence-electron chi connectivity index (χ1n) is 9.10. The van der Waals surface area contributed by atoms with E-state index < -0.39 is 0 Å². The van der Waals surface area contributed by atoms with E-state index in [-0.39, 0.29) is 5.91 Å². The minimum Gasteiger partial charge on any atom is -0.369 e. The monoisotopic (exact) mass is 318 g/mol. The number of nitrogens with zero attached hydrogens (tertiary/aromatic N) is 1. The molecule has 2 rings (SSSR count). The Hall–Kier alpha value is -1.55. The van der Waals surface area contributed by atoms with Crippen LogP contribution in [0, 0.1) is 0 Å². The van der Waals surface area contributed by atoms with Gasteiger partial charge in [-0.15, -0.1) is 0 Å². The number of likely N-dealkylation sites (tertiary alicyclic amines) is 1. The van der Waals surface area contributed by atoms with Gasteiger partial charge in [0.15, 0.2) is 6.54 Å². The molecule has 0 saturated carbocycles. The van der Waals surface area contributed by atoms with E-state index in [0.29, 0.717) is 12.6 Å². The van der Waals surface area contributed by atoms with Crippen molar-refractivity contribution >= 4 is 17.3 Å². The summed E-state index contributed by atoms with van der Waals surface area (Å²) in [5.41, 5.74) is 2.10. The predicted octanol–water partition coefficient (Wildman–Crippen LogP) is 2.32. The number of rotatable bonds is 6. The Labute approximate surface area is 140 Å². The third kappa shape index (κ3) is 5.54. The largest absolute Gasteiger partial charge is 0.369 e. The molecule has 1 aromatic rings. The van der Waals surface area contributed by atoms with E-state index in [2.05, 4.69) is 43.1 Å². The fourth-order valence-corrected chi connectivity index (χ4v) is 3.42. The van der Waals surface area contributed by atoms with Crippen LogP contribution in [0.1, 0.15) is 46.5 Å². The van der Waals surface area contributed by atoms with Gasteiger partial charge in [0.1, 0.15) is 0 Å². The van der Waals surface area contributed by atoms with Gasteiger partial charge in [0, 0.05) is 24.0 Å². The molecule has 128 valence electrons. The van der Waals surface area contributed by atoms with E-state index in [0.717, 1.165) is 25.3 Å². The van der Waals surface area contributed by atoms with E-state index in [1.54, 1.807) is 0 Å². The highest BCUT2D eigenvalue weighted by atomic mass is 16.2. The Morgan fingerprint density at radius 2 is 1.74 bits per heavy atom. The Kier molecular flexibility index (Phi) is 6.90. The molecule has 1 aliphatic rings. The van der Waals surface area contributed by atoms with Gasteiger partial charge in [-0.3, -0.25) is 4.79 Å². The first kappa shape index (κ1) is 17.8. The van der Waals surface area contributed by atoms with Crippen molar-refractivity contribution < 1.29 is 9.69 Å². The van der Waals surface area contributed by atoms with Gasteiger partial charge in [-0.1, -0.05) is 0 Å². The smallest absolute Gasteiger partial charge is 0.279 e. The van der Waals surface area contributed by atoms with Gasteiger partial charge >= 0.3 is 0 Å². The van der Waals surface area contributed by atoms with E-state index in [4.69, 9.17) is 0 Å². The number of anilines is 2. The van der Waals surface area contributed by atoms with E-state index >= 15 is 0 Å². The van der Waals surface area contributed by atoms with Gasteiger partial charge in [-0.25, -0.2) is 0 Å². The number of benzene rings is 1. The number of carbonyl (C=O) groups excluding carboxylic acids is 1. The molecule has 0 unspecified atom stereocenters. The zero-order valence-electron chi connectivity index (χ0n) is 14.9. The van der Waals surface area contributed by atoms with E-state index in [1.165, 1.54) is 36.3 Å². The van der Waals surface area contributed by atoms with Gasteiger partial charge in [0.25, 0.3) is 5.91 Å². The second kappa shape index (κ2) is 8.92. The zero-order valence-corrected chi connectivity index (χ0v) is 14.9. The van der Waals surface area contributed by atoms with Gasteiger partial charge in [-0.2, -0.15) is 0 Å². The van der Waals surface area contributed by atoms with Gasteiger partial charge < -0.3 is 15.1 Å². The van der Waals surface area contributed by atoms with Crippen LogP contribution in [0.15, 0.2) is 24.3 Å². The lowest BCUT2D eigenvalue weighted by atomic mass is 10.2. The minimum absolute atomic E-state index is 0.130. The summed E-state index contributed by atoms with van der Waals surface area (Å²) in [6.45, 7) is 10.4. The first-order chi connectivity index (χ1) is 11.1. The normalized spacial score (nSPS) is 16.2. The summed E-state index contributed by atoms with van der Waals surface area (Å²) in [6, 6.07) is 8.69. The Bertz CT molecular complexity index is 476. The minimum atomic E-state index is 0.130. The van der Waals surface area contributed by atoms with Crippen molar-refractivity contribution in [2.45, 2.75) is 52.5 Å². The highest BCUT2D eigenvalue weighted by Gasteiger charge is 2.16. The Morgan fingerprint density at radius 1 is 1.13 bits per heavy atom. The second-order valence-corrected chi connectivity index (χ2v) is 6.82. The molecule has 1 saturated heterocycles. The topological polar surface area (TPSA) is 36.8 Å². The molecule has 0 bridgehead atoms. The standard InChI is InChI=1S/C19H31N3O/c1-4-22(16(2)3)18-11-9-17(10-12-18)20-19(23)15-21-13-7-5-6-8-14-21/h9-12,16H,4-8,13-15H2,1-3H3,(H,20,23)/p+1. The first-order valence-corrected chi connectivity index (χ1v) is 9.10. The van der Waals surface area contributed by atoms with Crippen molar-refractivity contribution in [2.75, 3.05) is 36.4 Å². The molecule has 4 nitrogen and oxygen atoms in total. The third-order valence-electron chi connectivity index (χ3n) is 4.67. The molecule has 0 radical (unpaired) electrons. The van der Waals surface area contributed by atoms with Crippen molar-refractivity contribution in [3.05, 3.63) is 24.3 Å². The highest BCUT2D eigenvalue weighted by molar-refractivity contribution is 5.91. The molecule has 1 fully saturated rings. The summed E-state index contributed by atoms with van der Waals surface area (Å²) in [5.74, 6) is 0.130. The van der Waals surface area contributed by atoms with Gasteiger partial charge in [0.05, 0.1) is 13.1 Å². The van der Waals surface area contributed by atoms with Crippen LogP contribution < -0.4 is 15.1 Å². The second-order valence-electron chi connectivity index (χ2n) is 6.82. The Balaban J connectivity index is 1.88. The highest BCUT2D eigenvalue weighted by Crippen LogP contribution is 2.19. The van der Waals surface area contributed by atoms with E-state index in [1.807, 2.05) is 12.1 Å². The van der Waals surface area contributed by atoms with Crippen LogP contribution in [0.4, 0.5) is 11.4 Å². The van der Waals surface area contributed by atoms with E-state index in [9.17, 15) is 4.79 Å². The Morgan fingerprint density at radius 3 is 2.26 bits per heavy atom. The number of quaternary nitrogens is 1. The van der Waals surface area contributed by atoms with Crippen LogP contribution in [0.5, 0.6) is 0 Å². The van der Waals surface area contributed by atoms with Crippen molar-refractivity contribution in [2.24, 2.45) is 0 Å². The summed E-state index contributed by atoms with van der Waals surface area (Å²) in [5, 5.41) is 3.04. The summed E-state index contributed by atoms with van der Waals surface area (Å²) in [7, 11) is 0. The molecule has 0 aliphatic carbocycles. The molecule has 1 aliphatic heterocycles. The van der Waals surface area contributed by atoms with Crippen LogP contribution >= 0.6 is 0 Å². The number of hydrogen-bond donors (Lipinski definition) is 2. The van der Waals surface area contributed by atoms with Crippen LogP contribution in [0.3, 0.4) is 0 Å². The zero-order chi connectivity index (χ0) is 16.7. The molecule has 1 aromatic carbocycles. The van der Waals surface area contributed by atoms with Crippen molar-refractivity contribution in [3.8, 4) is 0 Å². The summed E-state index contributed by atoms with van der Waals surface area (Å²) < 4.78 is 0. The third-order valence-corrected chi connectivity index (χ3v) is 4.67. The van der Waals surface area contributed by atoms with Crippen molar-refractivity contribution in [1.82, 2.24) is 0 Å². The molecule has 0 aromatic heterocycles. The molecular weight excluding hydrogens is 286 g/mol. The maximum atomic E-state index is 12.2.